The highest BCUT2D eigenvalue weighted by molar-refractivity contribution is 7.99. The Labute approximate surface area is 104 Å². The van der Waals surface area contributed by atoms with Crippen molar-refractivity contribution < 1.29 is 17.9 Å². The molecule has 1 aromatic carbocycles. The largest absolute Gasteiger partial charge is 0.396 e. The maximum absolute atomic E-state index is 13.5. The molecule has 0 aromatic heterocycles. The fraction of sp³-hybridized carbons (Fsp3) is 0.400. The van der Waals surface area contributed by atoms with E-state index >= 15 is 0 Å². The van der Waals surface area contributed by atoms with Gasteiger partial charge >= 0.3 is 0 Å². The Kier molecular flexibility index (Phi) is 4.93. The highest BCUT2D eigenvalue weighted by Crippen LogP contribution is 2.25. The minimum atomic E-state index is -3.87. The van der Waals surface area contributed by atoms with Gasteiger partial charge in [-0.25, -0.2) is 17.9 Å². The maximum Gasteiger partial charge on any atom is 0.238 e. The molecule has 0 saturated heterocycles. The van der Waals surface area contributed by atoms with Crippen LogP contribution in [0.2, 0.25) is 0 Å². The van der Waals surface area contributed by atoms with Crippen molar-refractivity contribution >= 4 is 21.8 Å². The molecule has 7 heteroatoms. The molecular weight excluding hydrogens is 265 g/mol. The Balaban J connectivity index is 2.84. The van der Waals surface area contributed by atoms with Crippen molar-refractivity contribution in [3.63, 3.8) is 0 Å². The molecule has 96 valence electrons. The van der Waals surface area contributed by atoms with E-state index in [1.807, 2.05) is 6.92 Å². The van der Waals surface area contributed by atoms with Crippen LogP contribution < -0.4 is 5.14 Å². The lowest BCUT2D eigenvalue weighted by Crippen LogP contribution is -2.12. The summed E-state index contributed by atoms with van der Waals surface area (Å²) in [4.78, 5) is 0.104. The Morgan fingerprint density at radius 2 is 2.18 bits per heavy atom. The van der Waals surface area contributed by atoms with Gasteiger partial charge in [-0.15, -0.1) is 11.8 Å². The van der Waals surface area contributed by atoms with Crippen LogP contribution in [0.5, 0.6) is 0 Å². The molecule has 17 heavy (non-hydrogen) atoms. The molecule has 4 nitrogen and oxygen atoms in total. The summed E-state index contributed by atoms with van der Waals surface area (Å²) in [5.41, 5.74) is 0. The van der Waals surface area contributed by atoms with Gasteiger partial charge < -0.3 is 5.11 Å². The monoisotopic (exact) mass is 279 g/mol. The third-order valence-corrected chi connectivity index (χ3v) is 4.36. The summed E-state index contributed by atoms with van der Waals surface area (Å²) in [5.74, 6) is -0.00808. The number of sulfonamides is 1. The van der Waals surface area contributed by atoms with Crippen molar-refractivity contribution in [3.05, 3.63) is 24.0 Å². The van der Waals surface area contributed by atoms with E-state index in [9.17, 15) is 12.8 Å². The predicted octanol–water partition coefficient (Wildman–Crippen LogP) is 1.19. The molecule has 0 aliphatic rings. The van der Waals surface area contributed by atoms with Crippen molar-refractivity contribution in [2.24, 2.45) is 11.1 Å². The van der Waals surface area contributed by atoms with E-state index in [0.29, 0.717) is 10.6 Å². The molecule has 0 aliphatic heterocycles. The van der Waals surface area contributed by atoms with E-state index in [-0.39, 0.29) is 17.4 Å². The van der Waals surface area contributed by atoms with E-state index in [1.165, 1.54) is 23.9 Å². The van der Waals surface area contributed by atoms with E-state index in [2.05, 4.69) is 0 Å². The first-order valence-electron chi connectivity index (χ1n) is 4.90. The van der Waals surface area contributed by atoms with Gasteiger partial charge in [0.1, 0.15) is 5.82 Å². The number of nitrogens with two attached hydrogens (primary N) is 1. The third-order valence-electron chi connectivity index (χ3n) is 2.07. The average molecular weight is 279 g/mol. The molecule has 0 radical (unpaired) electrons. The van der Waals surface area contributed by atoms with Crippen LogP contribution in [0, 0.1) is 11.7 Å². The Morgan fingerprint density at radius 1 is 1.53 bits per heavy atom. The van der Waals surface area contributed by atoms with Crippen LogP contribution in [0.25, 0.3) is 0 Å². The summed E-state index contributed by atoms with van der Waals surface area (Å²) < 4.78 is 35.5. The molecule has 1 aromatic rings. The van der Waals surface area contributed by atoms with E-state index in [4.69, 9.17) is 10.2 Å². The van der Waals surface area contributed by atoms with Gasteiger partial charge in [0.05, 0.1) is 4.90 Å². The number of hydrogen-bond donors (Lipinski definition) is 2. The minimum absolute atomic E-state index is 0.0316. The number of rotatable bonds is 5. The molecule has 0 aliphatic carbocycles. The third kappa shape index (κ3) is 4.27. The van der Waals surface area contributed by atoms with Crippen LogP contribution in [0.3, 0.4) is 0 Å². The Morgan fingerprint density at radius 3 is 2.65 bits per heavy atom. The summed E-state index contributed by atoms with van der Waals surface area (Å²) in [6.45, 7) is 1.87. The lowest BCUT2D eigenvalue weighted by atomic mass is 10.2. The first kappa shape index (κ1) is 14.4. The van der Waals surface area contributed by atoms with Crippen LogP contribution in [0.4, 0.5) is 4.39 Å². The number of thioether (sulfide) groups is 1. The molecule has 0 spiro atoms. The molecule has 0 heterocycles. The van der Waals surface area contributed by atoms with Crippen molar-refractivity contribution in [3.8, 4) is 0 Å². The van der Waals surface area contributed by atoms with Crippen molar-refractivity contribution in [2.45, 2.75) is 16.7 Å². The second kappa shape index (κ2) is 5.81. The molecule has 0 amide bonds. The molecule has 1 unspecified atom stereocenters. The summed E-state index contributed by atoms with van der Waals surface area (Å²) in [6.07, 6.45) is 0. The minimum Gasteiger partial charge on any atom is -0.396 e. The zero-order valence-electron chi connectivity index (χ0n) is 9.26. The summed E-state index contributed by atoms with van der Waals surface area (Å²) in [7, 11) is -3.87. The summed E-state index contributed by atoms with van der Waals surface area (Å²) in [5, 5.41) is 13.7. The lowest BCUT2D eigenvalue weighted by molar-refractivity contribution is 0.250. The average Bonchev–Trinajstić information content (AvgIpc) is 2.25. The van der Waals surface area contributed by atoms with Crippen LogP contribution in [0.15, 0.2) is 28.0 Å². The Bertz CT molecular complexity index is 490. The SMILES string of the molecule is CC(CO)CSc1ccc(S(N)(=O)=O)cc1F. The van der Waals surface area contributed by atoms with Gasteiger partial charge in [0.25, 0.3) is 0 Å². The van der Waals surface area contributed by atoms with Gasteiger partial charge in [0.15, 0.2) is 0 Å². The number of aliphatic hydroxyl groups excluding tert-OH is 1. The number of halogens is 1. The van der Waals surface area contributed by atoms with Crippen LogP contribution >= 0.6 is 11.8 Å². The zero-order chi connectivity index (χ0) is 13.1. The molecule has 1 rings (SSSR count). The lowest BCUT2D eigenvalue weighted by Gasteiger charge is -2.08. The van der Waals surface area contributed by atoms with Crippen molar-refractivity contribution in [1.29, 1.82) is 0 Å². The highest BCUT2D eigenvalue weighted by atomic mass is 32.2. The molecule has 3 N–H and O–H groups in total. The second-order valence-corrected chi connectivity index (χ2v) is 6.36. The van der Waals surface area contributed by atoms with Gasteiger partial charge in [0.2, 0.25) is 10.0 Å². The molecule has 1 atom stereocenters. The number of primary sulfonamides is 1. The number of hydrogen-bond acceptors (Lipinski definition) is 4. The van der Waals surface area contributed by atoms with Crippen LogP contribution in [0.1, 0.15) is 6.92 Å². The van der Waals surface area contributed by atoms with Gasteiger partial charge in [0, 0.05) is 17.3 Å². The fourth-order valence-corrected chi connectivity index (χ4v) is 2.52. The number of benzene rings is 1. The Hall–Kier alpha value is -0.630. The summed E-state index contributed by atoms with van der Waals surface area (Å²) in [6, 6.07) is 3.55. The molecule has 0 fully saturated rings. The predicted molar refractivity (Wildman–Crippen MR) is 64.7 cm³/mol. The summed E-state index contributed by atoms with van der Waals surface area (Å²) >= 11 is 1.23. The van der Waals surface area contributed by atoms with Crippen LogP contribution in [-0.2, 0) is 10.0 Å². The van der Waals surface area contributed by atoms with E-state index in [0.717, 1.165) is 6.07 Å². The topological polar surface area (TPSA) is 80.4 Å². The normalized spacial score (nSPS) is 13.6. The first-order chi connectivity index (χ1) is 7.84. The van der Waals surface area contributed by atoms with Gasteiger partial charge in [-0.3, -0.25) is 0 Å². The van der Waals surface area contributed by atoms with Gasteiger partial charge in [-0.05, 0) is 24.1 Å². The first-order valence-corrected chi connectivity index (χ1v) is 7.43. The molecule has 0 saturated carbocycles. The standard InChI is InChI=1S/C10H14FNO3S2/c1-7(5-13)6-16-10-3-2-8(4-9(10)11)17(12,14)15/h2-4,7,13H,5-6H2,1H3,(H2,12,14,15). The molecular formula is C10H14FNO3S2. The van der Waals surface area contributed by atoms with Gasteiger partial charge in [-0.1, -0.05) is 6.92 Å². The number of aliphatic hydroxyl groups is 1. The highest BCUT2D eigenvalue weighted by Gasteiger charge is 2.12. The zero-order valence-corrected chi connectivity index (χ0v) is 10.9. The van der Waals surface area contributed by atoms with Crippen molar-refractivity contribution in [1.82, 2.24) is 0 Å². The van der Waals surface area contributed by atoms with Crippen LogP contribution in [-0.4, -0.2) is 25.9 Å². The quantitative estimate of drug-likeness (QED) is 0.793. The maximum atomic E-state index is 13.5. The molecule has 0 bridgehead atoms. The smallest absolute Gasteiger partial charge is 0.238 e. The fourth-order valence-electron chi connectivity index (χ4n) is 1.06. The van der Waals surface area contributed by atoms with Gasteiger partial charge in [-0.2, -0.15) is 0 Å². The van der Waals surface area contributed by atoms with Crippen molar-refractivity contribution in [2.75, 3.05) is 12.4 Å². The second-order valence-electron chi connectivity index (χ2n) is 3.74. The van der Waals surface area contributed by atoms with E-state index < -0.39 is 15.8 Å². The van der Waals surface area contributed by atoms with E-state index in [1.54, 1.807) is 0 Å².